The van der Waals surface area contributed by atoms with E-state index in [9.17, 15) is 0 Å². The number of aromatic nitrogens is 8. The van der Waals surface area contributed by atoms with E-state index >= 15 is 0 Å². The lowest BCUT2D eigenvalue weighted by molar-refractivity contribution is 1.08. The SMILES string of the molecule is c1ccc(-c2nc(-c3ccccc3)n3c4ccccc4c4cc5c(cc4c23)c2ccccc2n5-c2ccccn2)cc1.c1ccc(-c2nc(-c3ccccc3)n3c4ccccc4c4cc5c6ccccc6n(-c6ccccn6)c5cc4c23)cc1. The van der Waals surface area contributed by atoms with Gasteiger partial charge in [0.05, 0.1) is 55.5 Å². The maximum Gasteiger partial charge on any atom is 0.145 e. The summed E-state index contributed by atoms with van der Waals surface area (Å²) in [5.41, 5.74) is 15.4. The number of benzene rings is 10. The lowest BCUT2D eigenvalue weighted by Crippen LogP contribution is -1.97. The molecule has 18 aromatic rings. The Morgan fingerprint density at radius 1 is 0.226 bits per heavy atom. The van der Waals surface area contributed by atoms with Gasteiger partial charge in [-0.05, 0) is 83.6 Å². The van der Waals surface area contributed by atoms with Crippen molar-refractivity contribution in [3.8, 4) is 56.9 Å². The summed E-state index contributed by atoms with van der Waals surface area (Å²) in [5.74, 6) is 3.70. The average Bonchev–Trinajstić information content (AvgIpc) is 1.61. The van der Waals surface area contributed by atoms with Gasteiger partial charge in [0, 0.05) is 77.7 Å². The summed E-state index contributed by atoms with van der Waals surface area (Å²) in [6.45, 7) is 0. The molecule has 8 aromatic heterocycles. The standard InChI is InChI=1S/2C38H24N4/c1-3-13-25(14-4-1)36-37-31-23-30-28-18-8-9-19-32(28)41(35-21-11-12-22-39-35)34(30)24-29(31)27-17-7-10-20-33(27)42(37)38(40-36)26-15-5-2-6-16-26;1-3-13-25(14-4-1)36-37-31-24-34-30(28-18-8-9-19-32(28)41(34)35-21-11-12-22-39-35)23-29(31)27-17-7-10-20-33(27)42(37)38(40-36)26-15-5-2-6-16-26/h2*1-24H. The number of rotatable bonds is 6. The summed E-state index contributed by atoms with van der Waals surface area (Å²) in [6.07, 6.45) is 3.72. The first-order chi connectivity index (χ1) is 41.7. The van der Waals surface area contributed by atoms with Crippen LogP contribution >= 0.6 is 0 Å². The van der Waals surface area contributed by atoms with Gasteiger partial charge in [0.15, 0.2) is 0 Å². The van der Waals surface area contributed by atoms with Gasteiger partial charge < -0.3 is 0 Å². The fraction of sp³-hybridized carbons (Fsp3) is 0. The first-order valence-electron chi connectivity index (χ1n) is 28.4. The molecule has 0 unspecified atom stereocenters. The highest BCUT2D eigenvalue weighted by atomic mass is 15.1. The van der Waals surface area contributed by atoms with E-state index in [0.29, 0.717) is 0 Å². The zero-order valence-corrected chi connectivity index (χ0v) is 45.3. The minimum atomic E-state index is 0.904. The lowest BCUT2D eigenvalue weighted by atomic mass is 9.99. The molecule has 0 saturated heterocycles. The van der Waals surface area contributed by atoms with Crippen LogP contribution in [0.4, 0.5) is 0 Å². The van der Waals surface area contributed by atoms with Crippen LogP contribution in [0.5, 0.6) is 0 Å². The highest BCUT2D eigenvalue weighted by molar-refractivity contribution is 6.24. The molecule has 0 N–H and O–H groups in total. The first kappa shape index (κ1) is 47.3. The average molecular weight is 1070 g/mol. The van der Waals surface area contributed by atoms with Crippen molar-refractivity contribution in [1.82, 2.24) is 37.9 Å². The molecule has 0 fully saturated rings. The molecule has 0 spiro atoms. The van der Waals surface area contributed by atoms with Crippen molar-refractivity contribution in [3.63, 3.8) is 0 Å². The summed E-state index contributed by atoms with van der Waals surface area (Å²) in [4.78, 5) is 20.3. The second-order valence-corrected chi connectivity index (χ2v) is 21.3. The van der Waals surface area contributed by atoms with E-state index in [4.69, 9.17) is 19.9 Å². The fourth-order valence-corrected chi connectivity index (χ4v) is 13.1. The summed E-state index contributed by atoms with van der Waals surface area (Å²) >= 11 is 0. The highest BCUT2D eigenvalue weighted by Gasteiger charge is 2.25. The quantitative estimate of drug-likeness (QED) is 0.156. The van der Waals surface area contributed by atoms with Crippen LogP contribution < -0.4 is 0 Å². The van der Waals surface area contributed by atoms with Crippen LogP contribution in [0, 0.1) is 0 Å². The maximum atomic E-state index is 5.38. The molecule has 18 rings (SSSR count). The van der Waals surface area contributed by atoms with Crippen molar-refractivity contribution in [1.29, 1.82) is 0 Å². The Balaban J connectivity index is 0.000000132. The van der Waals surface area contributed by atoms with Gasteiger partial charge in [0.25, 0.3) is 0 Å². The third-order valence-corrected chi connectivity index (χ3v) is 16.7. The number of hydrogen-bond acceptors (Lipinski definition) is 4. The molecule has 84 heavy (non-hydrogen) atoms. The van der Waals surface area contributed by atoms with Gasteiger partial charge in [-0.25, -0.2) is 19.9 Å². The molecule has 0 aliphatic heterocycles. The topological polar surface area (TPSA) is 70.2 Å². The summed E-state index contributed by atoms with van der Waals surface area (Å²) in [6, 6.07) is 98.3. The van der Waals surface area contributed by atoms with E-state index in [1.165, 1.54) is 48.5 Å². The molecule has 0 saturated carbocycles. The van der Waals surface area contributed by atoms with E-state index in [0.717, 1.165) is 106 Å². The predicted molar refractivity (Wildman–Crippen MR) is 346 cm³/mol. The van der Waals surface area contributed by atoms with E-state index < -0.39 is 0 Å². The smallest absolute Gasteiger partial charge is 0.145 e. The van der Waals surface area contributed by atoms with Gasteiger partial charge in [0.2, 0.25) is 0 Å². The Morgan fingerprint density at radius 2 is 0.548 bits per heavy atom. The predicted octanol–water partition coefficient (Wildman–Crippen LogP) is 18.9. The van der Waals surface area contributed by atoms with Crippen LogP contribution in [0.1, 0.15) is 0 Å². The van der Waals surface area contributed by atoms with Crippen LogP contribution in [0.15, 0.2) is 291 Å². The van der Waals surface area contributed by atoms with Crippen molar-refractivity contribution in [2.24, 2.45) is 0 Å². The second-order valence-electron chi connectivity index (χ2n) is 21.3. The van der Waals surface area contributed by atoms with Crippen LogP contribution in [0.3, 0.4) is 0 Å². The van der Waals surface area contributed by atoms with E-state index in [2.05, 4.69) is 273 Å². The fourth-order valence-electron chi connectivity index (χ4n) is 13.1. The molecule has 8 heteroatoms. The number of fused-ring (bicyclic) bond motifs is 18. The third kappa shape index (κ3) is 7.27. The number of pyridine rings is 4. The highest BCUT2D eigenvalue weighted by Crippen LogP contribution is 2.45. The number of para-hydroxylation sites is 4. The van der Waals surface area contributed by atoms with Gasteiger partial charge in [-0.2, -0.15) is 0 Å². The molecule has 8 nitrogen and oxygen atoms in total. The van der Waals surface area contributed by atoms with Crippen molar-refractivity contribution >= 4 is 98.0 Å². The molecule has 0 atom stereocenters. The zero-order valence-electron chi connectivity index (χ0n) is 45.3. The number of hydrogen-bond donors (Lipinski definition) is 0. The first-order valence-corrected chi connectivity index (χ1v) is 28.4. The lowest BCUT2D eigenvalue weighted by Gasteiger charge is -2.13. The molecule has 0 bridgehead atoms. The monoisotopic (exact) mass is 1070 g/mol. The Hall–Kier alpha value is -11.5. The van der Waals surface area contributed by atoms with Crippen LogP contribution in [-0.4, -0.2) is 37.9 Å². The van der Waals surface area contributed by atoms with Gasteiger partial charge in [-0.1, -0.05) is 206 Å². The summed E-state index contributed by atoms with van der Waals surface area (Å²) in [7, 11) is 0. The van der Waals surface area contributed by atoms with Gasteiger partial charge >= 0.3 is 0 Å². The number of nitrogens with zero attached hydrogens (tertiary/aromatic N) is 8. The molecule has 0 radical (unpaired) electrons. The molecular weight excluding hydrogens is 1020 g/mol. The minimum Gasteiger partial charge on any atom is -0.294 e. The molecule has 8 heterocycles. The largest absolute Gasteiger partial charge is 0.294 e. The van der Waals surface area contributed by atoms with Crippen LogP contribution in [0.25, 0.3) is 155 Å². The second kappa shape index (κ2) is 19.1. The molecular formula is C76H48N8. The molecule has 392 valence electrons. The Bertz CT molecular complexity index is 5570. The van der Waals surface area contributed by atoms with E-state index in [1.807, 2.05) is 36.7 Å². The Kier molecular flexibility index (Phi) is 10.8. The van der Waals surface area contributed by atoms with Gasteiger partial charge in [0.1, 0.15) is 23.3 Å². The molecule has 0 aliphatic carbocycles. The van der Waals surface area contributed by atoms with Gasteiger partial charge in [-0.15, -0.1) is 0 Å². The van der Waals surface area contributed by atoms with Crippen molar-refractivity contribution in [2.75, 3.05) is 0 Å². The Labute approximate surface area is 481 Å². The minimum absolute atomic E-state index is 0.904. The van der Waals surface area contributed by atoms with Crippen molar-refractivity contribution in [3.05, 3.63) is 291 Å². The third-order valence-electron chi connectivity index (χ3n) is 16.7. The zero-order chi connectivity index (χ0) is 55.2. The van der Waals surface area contributed by atoms with E-state index in [-0.39, 0.29) is 0 Å². The normalized spacial score (nSPS) is 11.8. The van der Waals surface area contributed by atoms with Crippen LogP contribution in [-0.2, 0) is 0 Å². The van der Waals surface area contributed by atoms with Crippen molar-refractivity contribution < 1.29 is 0 Å². The van der Waals surface area contributed by atoms with Crippen LogP contribution in [0.2, 0.25) is 0 Å². The van der Waals surface area contributed by atoms with Gasteiger partial charge in [-0.3, -0.25) is 17.9 Å². The van der Waals surface area contributed by atoms with Crippen molar-refractivity contribution in [2.45, 2.75) is 0 Å². The summed E-state index contributed by atoms with van der Waals surface area (Å²) < 4.78 is 9.29. The van der Waals surface area contributed by atoms with E-state index in [1.54, 1.807) is 0 Å². The molecule has 0 amide bonds. The molecule has 10 aromatic carbocycles. The number of imidazole rings is 2. The Morgan fingerprint density at radius 3 is 0.964 bits per heavy atom. The molecule has 0 aliphatic rings. The summed E-state index contributed by atoms with van der Waals surface area (Å²) in [5, 5.41) is 12.0. The maximum absolute atomic E-state index is 5.38.